The van der Waals surface area contributed by atoms with Gasteiger partial charge in [-0.1, -0.05) is 6.07 Å². The van der Waals surface area contributed by atoms with Crippen LogP contribution in [0.5, 0.6) is 0 Å². The van der Waals surface area contributed by atoms with Crippen molar-refractivity contribution >= 4 is 22.9 Å². The van der Waals surface area contributed by atoms with E-state index in [2.05, 4.69) is 10.3 Å². The van der Waals surface area contributed by atoms with E-state index < -0.39 is 0 Å². The number of aromatic nitrogens is 1. The van der Waals surface area contributed by atoms with Gasteiger partial charge in [-0.3, -0.25) is 4.79 Å². The molecule has 17 heavy (non-hydrogen) atoms. The van der Waals surface area contributed by atoms with Crippen LogP contribution in [0.4, 0.5) is 5.69 Å². The van der Waals surface area contributed by atoms with Gasteiger partial charge in [0.15, 0.2) is 0 Å². The molecule has 0 unspecified atom stereocenters. The smallest absolute Gasteiger partial charge is 0.253 e. The molecule has 1 aromatic heterocycles. The second kappa shape index (κ2) is 4.97. The Bertz CT molecular complexity index is 523. The first-order valence-electron chi connectivity index (χ1n) is 5.18. The van der Waals surface area contributed by atoms with Crippen LogP contribution in [0.1, 0.15) is 21.6 Å². The number of thiazole rings is 1. The van der Waals surface area contributed by atoms with Crippen molar-refractivity contribution in [2.75, 3.05) is 5.73 Å². The van der Waals surface area contributed by atoms with Gasteiger partial charge in [-0.05, 0) is 24.6 Å². The average Bonchev–Trinajstić information content (AvgIpc) is 2.78. The third-order valence-electron chi connectivity index (χ3n) is 2.37. The molecule has 88 valence electrons. The lowest BCUT2D eigenvalue weighted by molar-refractivity contribution is 0.0951. The van der Waals surface area contributed by atoms with Crippen molar-refractivity contribution in [3.05, 3.63) is 45.9 Å². The molecular weight excluding hydrogens is 234 g/mol. The van der Waals surface area contributed by atoms with Crippen LogP contribution < -0.4 is 11.1 Å². The molecular formula is C12H13N3OS. The molecule has 0 spiro atoms. The number of hydrogen-bond donors (Lipinski definition) is 2. The molecule has 1 amide bonds. The van der Waals surface area contributed by atoms with Gasteiger partial charge in [0.25, 0.3) is 5.91 Å². The van der Waals surface area contributed by atoms with Crippen LogP contribution in [0, 0.1) is 6.92 Å². The van der Waals surface area contributed by atoms with Crippen LogP contribution >= 0.6 is 11.3 Å². The zero-order valence-electron chi connectivity index (χ0n) is 9.43. The molecule has 0 bridgehead atoms. The zero-order valence-corrected chi connectivity index (χ0v) is 10.3. The topological polar surface area (TPSA) is 68.0 Å². The molecule has 0 radical (unpaired) electrons. The molecule has 2 aromatic rings. The number of nitrogens with zero attached hydrogens (tertiary/aromatic N) is 1. The number of rotatable bonds is 3. The van der Waals surface area contributed by atoms with Gasteiger partial charge in [0, 0.05) is 11.1 Å². The maximum Gasteiger partial charge on any atom is 0.253 e. The molecule has 0 aliphatic carbocycles. The van der Waals surface area contributed by atoms with Gasteiger partial charge in [-0.15, -0.1) is 11.3 Å². The number of nitrogens with one attached hydrogen (secondary N) is 1. The Morgan fingerprint density at radius 3 is 3.00 bits per heavy atom. The number of carbonyl (C=O) groups is 1. The largest absolute Gasteiger partial charge is 0.398 e. The van der Waals surface area contributed by atoms with Crippen LogP contribution in [0.2, 0.25) is 0 Å². The quantitative estimate of drug-likeness (QED) is 0.815. The lowest BCUT2D eigenvalue weighted by atomic mass is 10.1. The highest BCUT2D eigenvalue weighted by Crippen LogP contribution is 2.13. The molecule has 2 rings (SSSR count). The summed E-state index contributed by atoms with van der Waals surface area (Å²) >= 11 is 1.51. The Morgan fingerprint density at radius 2 is 2.35 bits per heavy atom. The summed E-state index contributed by atoms with van der Waals surface area (Å²) in [6, 6.07) is 5.40. The van der Waals surface area contributed by atoms with E-state index in [1.165, 1.54) is 11.3 Å². The summed E-state index contributed by atoms with van der Waals surface area (Å²) in [4.78, 5) is 15.9. The first kappa shape index (κ1) is 11.6. The second-order valence-corrected chi connectivity index (χ2v) is 4.47. The summed E-state index contributed by atoms with van der Waals surface area (Å²) in [5.41, 5.74) is 10.4. The van der Waals surface area contributed by atoms with Gasteiger partial charge < -0.3 is 11.1 Å². The molecule has 3 N–H and O–H groups in total. The van der Waals surface area contributed by atoms with Gasteiger partial charge >= 0.3 is 0 Å². The van der Waals surface area contributed by atoms with Crippen molar-refractivity contribution in [2.45, 2.75) is 13.5 Å². The third kappa shape index (κ3) is 2.82. The lowest BCUT2D eigenvalue weighted by Gasteiger charge is -2.07. The SMILES string of the molecule is Cc1ccc(C(=O)NCc2cscn2)c(N)c1. The number of aryl methyl sites for hydroxylation is 1. The summed E-state index contributed by atoms with van der Waals surface area (Å²) in [7, 11) is 0. The van der Waals surface area contributed by atoms with Crippen LogP contribution in [0.15, 0.2) is 29.1 Å². The Balaban J connectivity index is 2.04. The molecule has 0 fully saturated rings. The van der Waals surface area contributed by atoms with E-state index in [4.69, 9.17) is 5.73 Å². The third-order valence-corrected chi connectivity index (χ3v) is 3.00. The number of nitrogen functional groups attached to an aromatic ring is 1. The summed E-state index contributed by atoms with van der Waals surface area (Å²) in [6.07, 6.45) is 0. The van der Waals surface area contributed by atoms with Crippen molar-refractivity contribution < 1.29 is 4.79 Å². The van der Waals surface area contributed by atoms with Crippen molar-refractivity contribution in [3.8, 4) is 0 Å². The number of anilines is 1. The molecule has 4 nitrogen and oxygen atoms in total. The Morgan fingerprint density at radius 1 is 1.53 bits per heavy atom. The number of nitrogens with two attached hydrogens (primary N) is 1. The Labute approximate surface area is 103 Å². The highest BCUT2D eigenvalue weighted by Gasteiger charge is 2.09. The van der Waals surface area contributed by atoms with E-state index in [0.29, 0.717) is 17.8 Å². The number of hydrogen-bond acceptors (Lipinski definition) is 4. The highest BCUT2D eigenvalue weighted by atomic mass is 32.1. The van der Waals surface area contributed by atoms with Crippen LogP contribution in [0.3, 0.4) is 0 Å². The van der Waals surface area contributed by atoms with Gasteiger partial charge in [0.1, 0.15) is 0 Å². The molecule has 0 aliphatic rings. The van der Waals surface area contributed by atoms with Crippen molar-refractivity contribution in [1.29, 1.82) is 0 Å². The second-order valence-electron chi connectivity index (χ2n) is 3.75. The van der Waals surface area contributed by atoms with Gasteiger partial charge in [0.05, 0.1) is 23.3 Å². The van der Waals surface area contributed by atoms with Gasteiger partial charge in [-0.2, -0.15) is 0 Å². The molecule has 0 atom stereocenters. The minimum absolute atomic E-state index is 0.171. The zero-order chi connectivity index (χ0) is 12.3. The molecule has 0 saturated heterocycles. The molecule has 1 heterocycles. The fraction of sp³-hybridized carbons (Fsp3) is 0.167. The van der Waals surface area contributed by atoms with E-state index in [9.17, 15) is 4.79 Å². The average molecular weight is 247 g/mol. The van der Waals surface area contributed by atoms with E-state index in [1.54, 1.807) is 17.6 Å². The first-order chi connectivity index (χ1) is 8.16. The predicted octanol–water partition coefficient (Wildman–Crippen LogP) is 1.96. The minimum Gasteiger partial charge on any atom is -0.398 e. The predicted molar refractivity (Wildman–Crippen MR) is 68.9 cm³/mol. The van der Waals surface area contributed by atoms with E-state index in [0.717, 1.165) is 11.3 Å². The Hall–Kier alpha value is -1.88. The van der Waals surface area contributed by atoms with Crippen LogP contribution in [-0.2, 0) is 6.54 Å². The Kier molecular flexibility index (Phi) is 3.39. The summed E-state index contributed by atoms with van der Waals surface area (Å²) in [5.74, 6) is -0.171. The van der Waals surface area contributed by atoms with Crippen molar-refractivity contribution in [3.63, 3.8) is 0 Å². The monoisotopic (exact) mass is 247 g/mol. The van der Waals surface area contributed by atoms with E-state index >= 15 is 0 Å². The fourth-order valence-corrected chi connectivity index (χ4v) is 2.04. The van der Waals surface area contributed by atoms with E-state index in [-0.39, 0.29) is 5.91 Å². The number of amides is 1. The highest BCUT2D eigenvalue weighted by molar-refractivity contribution is 7.07. The summed E-state index contributed by atoms with van der Waals surface area (Å²) in [5, 5.41) is 4.69. The van der Waals surface area contributed by atoms with Gasteiger partial charge in [0.2, 0.25) is 0 Å². The molecule has 5 heteroatoms. The molecule has 1 aromatic carbocycles. The van der Waals surface area contributed by atoms with Crippen molar-refractivity contribution in [2.24, 2.45) is 0 Å². The summed E-state index contributed by atoms with van der Waals surface area (Å²) < 4.78 is 0. The van der Waals surface area contributed by atoms with Crippen LogP contribution in [0.25, 0.3) is 0 Å². The maximum atomic E-state index is 11.9. The minimum atomic E-state index is -0.171. The van der Waals surface area contributed by atoms with Crippen LogP contribution in [-0.4, -0.2) is 10.9 Å². The summed E-state index contributed by atoms with van der Waals surface area (Å²) in [6.45, 7) is 2.36. The number of benzene rings is 1. The standard InChI is InChI=1S/C12H13N3OS/c1-8-2-3-10(11(13)4-8)12(16)14-5-9-6-17-7-15-9/h2-4,6-7H,5,13H2,1H3,(H,14,16). The van der Waals surface area contributed by atoms with Crippen molar-refractivity contribution in [1.82, 2.24) is 10.3 Å². The fourth-order valence-electron chi connectivity index (χ4n) is 1.48. The molecule has 0 saturated carbocycles. The maximum absolute atomic E-state index is 11.9. The first-order valence-corrected chi connectivity index (χ1v) is 6.12. The molecule has 0 aliphatic heterocycles. The lowest BCUT2D eigenvalue weighted by Crippen LogP contribution is -2.23. The number of carbonyl (C=O) groups excluding carboxylic acids is 1. The van der Waals surface area contributed by atoms with E-state index in [1.807, 2.05) is 18.4 Å². The van der Waals surface area contributed by atoms with Gasteiger partial charge in [-0.25, -0.2) is 4.98 Å². The normalized spacial score (nSPS) is 10.2.